The van der Waals surface area contributed by atoms with Crippen LogP contribution in [0.5, 0.6) is 11.5 Å². The lowest BCUT2D eigenvalue weighted by molar-refractivity contribution is -0.128. The molecule has 3 aliphatic rings. The van der Waals surface area contributed by atoms with Crippen molar-refractivity contribution in [1.82, 2.24) is 29.7 Å². The quantitative estimate of drug-likeness (QED) is 0.0637. The third-order valence-electron chi connectivity index (χ3n) is 9.19. The van der Waals surface area contributed by atoms with Crippen LogP contribution < -0.4 is 20.5 Å². The van der Waals surface area contributed by atoms with Crippen molar-refractivity contribution < 1.29 is 60.9 Å². The first-order valence-corrected chi connectivity index (χ1v) is 22.0. The Kier molecular flexibility index (Phi) is 13.3. The molecule has 0 radical (unpaired) electrons. The van der Waals surface area contributed by atoms with Crippen molar-refractivity contribution in [3.8, 4) is 11.5 Å². The predicted molar refractivity (Wildman–Crippen MR) is 207 cm³/mol. The van der Waals surface area contributed by atoms with E-state index < -0.39 is 70.8 Å². The number of ether oxygens (including phenoxy) is 4. The maximum Gasteiger partial charge on any atom is 0.472 e. The summed E-state index contributed by atoms with van der Waals surface area (Å²) in [5.41, 5.74) is 7.97. The molecule has 2 aromatic heterocycles. The molecule has 0 spiro atoms. The van der Waals surface area contributed by atoms with Gasteiger partial charge in [-0.05, 0) is 42.0 Å². The van der Waals surface area contributed by atoms with E-state index in [1.54, 1.807) is 53.1 Å². The molecule has 3 saturated heterocycles. The van der Waals surface area contributed by atoms with Crippen LogP contribution in [0.3, 0.4) is 0 Å². The Bertz CT molecular complexity index is 2170. The van der Waals surface area contributed by atoms with Gasteiger partial charge < -0.3 is 43.9 Å². The molecule has 4 N–H and O–H groups in total. The smallest absolute Gasteiger partial charge is 0.472 e. The van der Waals surface area contributed by atoms with Crippen LogP contribution in [0.15, 0.2) is 73.5 Å². The molecule has 0 saturated carbocycles. The summed E-state index contributed by atoms with van der Waals surface area (Å²) in [6, 6.07) is 13.5. The number of imidazole rings is 1. The maximum atomic E-state index is 13.3. The minimum absolute atomic E-state index is 0.0925. The predicted octanol–water partition coefficient (Wildman–Crippen LogP) is 3.83. The zero-order valence-electron chi connectivity index (χ0n) is 31.0. The van der Waals surface area contributed by atoms with E-state index in [1.807, 2.05) is 0 Å². The highest BCUT2D eigenvalue weighted by atomic mass is 32.7. The summed E-state index contributed by atoms with van der Waals surface area (Å²) in [7, 11) is -3.55. The fourth-order valence-electron chi connectivity index (χ4n) is 6.18. The van der Waals surface area contributed by atoms with Gasteiger partial charge in [0.15, 0.2) is 11.5 Å². The third kappa shape index (κ3) is 10.0. The summed E-state index contributed by atoms with van der Waals surface area (Å²) in [5, 5.41) is 2.43. The van der Waals surface area contributed by atoms with Gasteiger partial charge in [0.1, 0.15) is 54.1 Å². The van der Waals surface area contributed by atoms with E-state index in [0.717, 1.165) is 16.5 Å². The minimum atomic E-state index is -4.73. The normalized spacial score (nSPS) is 27.5. The van der Waals surface area contributed by atoms with Gasteiger partial charge in [0.2, 0.25) is 19.9 Å². The van der Waals surface area contributed by atoms with Gasteiger partial charge in [-0.15, -0.1) is 0 Å². The van der Waals surface area contributed by atoms with Crippen molar-refractivity contribution in [2.75, 3.05) is 33.1 Å². The van der Waals surface area contributed by atoms with Crippen LogP contribution in [0.1, 0.15) is 35.0 Å². The van der Waals surface area contributed by atoms with Crippen LogP contribution in [-0.2, 0) is 47.5 Å². The number of amides is 2. The average molecular weight is 860 g/mol. The number of hydrogen-bond acceptors (Lipinski definition) is 17. The number of benzene rings is 2. The van der Waals surface area contributed by atoms with E-state index in [9.17, 15) is 23.8 Å². The Hall–Kier alpha value is -4.53. The SMILES string of the molecule is CNC(=O)/C=C\N(C=O)C1C[C@@H]2OP(SCc3ccc(OC(=O)c4ccc(OC)cc4)cc3)OCC3OC(n4cnc5c(N)ncnc54)C[C@@H]3OP(=O)(O)OCC2O1. The molecule has 5 heterocycles. The van der Waals surface area contributed by atoms with Crippen LogP contribution in [0.25, 0.3) is 11.2 Å². The number of nitrogen functional groups attached to an aromatic ring is 1. The molecular formula is C35H39N7O13P2S. The van der Waals surface area contributed by atoms with Gasteiger partial charge in [-0.1, -0.05) is 23.5 Å². The highest BCUT2D eigenvalue weighted by Crippen LogP contribution is 2.57. The minimum Gasteiger partial charge on any atom is -0.497 e. The number of carbonyl (C=O) groups excluding carboxylic acids is 3. The zero-order chi connectivity index (χ0) is 40.8. The number of anilines is 1. The van der Waals surface area contributed by atoms with Crippen molar-refractivity contribution in [2.24, 2.45) is 0 Å². The lowest BCUT2D eigenvalue weighted by atomic mass is 10.2. The Morgan fingerprint density at radius 1 is 1.05 bits per heavy atom. The van der Waals surface area contributed by atoms with Gasteiger partial charge in [-0.3, -0.25) is 28.1 Å². The third-order valence-corrected chi connectivity index (χ3v) is 13.3. The topological polar surface area (TPSA) is 247 Å². The fourth-order valence-corrected chi connectivity index (χ4v) is 10.2. The van der Waals surface area contributed by atoms with Crippen LogP contribution in [0.2, 0.25) is 0 Å². The van der Waals surface area contributed by atoms with Gasteiger partial charge in [-0.2, -0.15) is 0 Å². The first-order chi connectivity index (χ1) is 28.0. The molecule has 0 bridgehead atoms. The molecule has 3 aliphatic heterocycles. The molecule has 2 aromatic carbocycles. The van der Waals surface area contributed by atoms with E-state index >= 15 is 0 Å². The number of fused-ring (bicyclic) bond motifs is 3. The molecule has 23 heteroatoms. The largest absolute Gasteiger partial charge is 0.497 e. The second kappa shape index (κ2) is 18.6. The molecule has 8 atom stereocenters. The van der Waals surface area contributed by atoms with Gasteiger partial charge in [-0.25, -0.2) is 24.3 Å². The molecule has 308 valence electrons. The molecule has 3 fully saturated rings. The summed E-state index contributed by atoms with van der Waals surface area (Å²) < 4.78 is 62.2. The van der Waals surface area contributed by atoms with Gasteiger partial charge in [0, 0.05) is 37.9 Å². The number of hydrogen-bond donors (Lipinski definition) is 3. The first kappa shape index (κ1) is 41.6. The summed E-state index contributed by atoms with van der Waals surface area (Å²) in [6.07, 6.45) is 0.626. The van der Waals surface area contributed by atoms with Crippen molar-refractivity contribution >= 4 is 62.1 Å². The number of phosphoric acid groups is 1. The Balaban J connectivity index is 1.08. The number of carbonyl (C=O) groups is 3. The van der Waals surface area contributed by atoms with E-state index in [2.05, 4.69) is 20.3 Å². The van der Waals surface area contributed by atoms with Gasteiger partial charge in [0.25, 0.3) is 0 Å². The fraction of sp³-hybridized carbons (Fsp3) is 0.371. The van der Waals surface area contributed by atoms with Crippen molar-refractivity contribution in [3.63, 3.8) is 0 Å². The van der Waals surface area contributed by atoms with Crippen molar-refractivity contribution in [1.29, 1.82) is 0 Å². The van der Waals surface area contributed by atoms with Crippen LogP contribution >= 0.6 is 26.8 Å². The van der Waals surface area contributed by atoms with Crippen LogP contribution in [0, 0.1) is 0 Å². The number of rotatable bonds is 11. The lowest BCUT2D eigenvalue weighted by Crippen LogP contribution is -2.32. The molecule has 2 amide bonds. The second-order valence-corrected chi connectivity index (χ2v) is 17.4. The Labute approximate surface area is 336 Å². The highest BCUT2D eigenvalue weighted by molar-refractivity contribution is 8.52. The zero-order valence-corrected chi connectivity index (χ0v) is 33.6. The average Bonchev–Trinajstić information content (AvgIpc) is 3.95. The highest BCUT2D eigenvalue weighted by Gasteiger charge is 2.46. The number of phosphoric ester groups is 1. The number of aromatic nitrogens is 4. The summed E-state index contributed by atoms with van der Waals surface area (Å²) in [4.78, 5) is 61.2. The Morgan fingerprint density at radius 3 is 2.55 bits per heavy atom. The maximum absolute atomic E-state index is 13.3. The molecule has 0 aliphatic carbocycles. The lowest BCUT2D eigenvalue weighted by Gasteiger charge is -2.28. The van der Waals surface area contributed by atoms with Crippen LogP contribution in [-0.4, -0.2) is 106 Å². The molecule has 4 aromatic rings. The van der Waals surface area contributed by atoms with Crippen molar-refractivity contribution in [3.05, 3.63) is 84.6 Å². The number of nitrogens with one attached hydrogen (secondary N) is 1. The van der Waals surface area contributed by atoms with Gasteiger partial charge in [0.05, 0.1) is 38.3 Å². The number of likely N-dealkylation sites (N-methyl/N-ethyl adjacent to an activating group) is 1. The summed E-state index contributed by atoms with van der Waals surface area (Å²) in [6.45, 7) is -0.573. The molecular weight excluding hydrogens is 820 g/mol. The van der Waals surface area contributed by atoms with E-state index in [-0.39, 0.29) is 25.3 Å². The van der Waals surface area contributed by atoms with E-state index in [1.165, 1.54) is 44.4 Å². The van der Waals surface area contributed by atoms with Crippen LogP contribution in [0.4, 0.5) is 5.82 Å². The van der Waals surface area contributed by atoms with Gasteiger partial charge >= 0.3 is 13.8 Å². The number of nitrogens with two attached hydrogens (primary N) is 1. The van der Waals surface area contributed by atoms with Crippen molar-refractivity contribution in [2.45, 2.75) is 55.5 Å². The number of methoxy groups -OCH3 is 1. The monoisotopic (exact) mass is 859 g/mol. The standard InChI is InChI=1S/C35H39N7O13P2S/c1-37-29(44)11-12-41(20-43)30-13-25-28(52-30)16-50-57(46,47)55-26-14-31(42-19-40-32-33(36)38-18-39-34(32)42)53-27(26)15-49-56(54-25)58-17-21-3-7-24(8-4-21)51-35(45)22-5-9-23(48-2)10-6-22/h3-12,18-20,25-28,30-31H,13-17H2,1-2H3,(H,37,44)(H,46,47)(H2,36,38,39)/b12-11-/t25-,26-,27?,28?,30?,31?,56?/m0/s1. The van der Waals surface area contributed by atoms with E-state index in [0.29, 0.717) is 40.4 Å². The number of esters is 1. The first-order valence-electron chi connectivity index (χ1n) is 17.7. The number of nitrogens with zero attached hydrogens (tertiary/aromatic N) is 5. The molecule has 58 heavy (non-hydrogen) atoms. The van der Waals surface area contributed by atoms with E-state index in [4.69, 9.17) is 42.8 Å². The molecule has 6 unspecified atom stereocenters. The second-order valence-electron chi connectivity index (χ2n) is 12.9. The summed E-state index contributed by atoms with van der Waals surface area (Å²) >= 11 is 1.35. The summed E-state index contributed by atoms with van der Waals surface area (Å²) in [5.74, 6) is 0.574. The Morgan fingerprint density at radius 2 is 1.81 bits per heavy atom. The molecule has 7 rings (SSSR count). The molecule has 20 nitrogen and oxygen atoms in total.